The number of benzene rings is 1. The number of aromatic nitrogens is 1. The molecule has 0 radical (unpaired) electrons. The summed E-state index contributed by atoms with van der Waals surface area (Å²) in [7, 11) is -2.42. The number of methoxy groups -OCH3 is 1. The van der Waals surface area contributed by atoms with Gasteiger partial charge in [0.15, 0.2) is 0 Å². The first kappa shape index (κ1) is 40.7. The number of amides is 5. The quantitative estimate of drug-likeness (QED) is 0.181. The number of hydrogen-bond acceptors (Lipinski definition) is 13. The van der Waals surface area contributed by atoms with E-state index in [1.165, 1.54) is 15.9 Å². The summed E-state index contributed by atoms with van der Waals surface area (Å²) in [5, 5.41) is 6.02. The van der Waals surface area contributed by atoms with E-state index in [9.17, 15) is 37.2 Å². The smallest absolute Gasteiger partial charge is 0.408 e. The van der Waals surface area contributed by atoms with Crippen LogP contribution < -0.4 is 24.8 Å². The zero-order valence-electron chi connectivity index (χ0n) is 32.7. The summed E-state index contributed by atoms with van der Waals surface area (Å²) in [5.74, 6) is -3.08. The van der Waals surface area contributed by atoms with Gasteiger partial charge in [-0.2, -0.15) is 0 Å². The second kappa shape index (κ2) is 15.4. The molecule has 2 bridgehead atoms. The normalized spacial score (nSPS) is 26.7. The molecule has 5 fully saturated rings. The van der Waals surface area contributed by atoms with Crippen LogP contribution in [-0.4, -0.2) is 126 Å². The van der Waals surface area contributed by atoms with Crippen molar-refractivity contribution in [2.45, 2.75) is 112 Å². The van der Waals surface area contributed by atoms with Crippen LogP contribution in [0.25, 0.3) is 10.8 Å². The van der Waals surface area contributed by atoms with Crippen molar-refractivity contribution < 1.29 is 56.1 Å². The van der Waals surface area contributed by atoms with Crippen molar-refractivity contribution in [2.24, 2.45) is 5.92 Å². The maximum absolute atomic E-state index is 14.7. The maximum Gasteiger partial charge on any atom is 0.408 e. The van der Waals surface area contributed by atoms with E-state index in [2.05, 4.69) is 26.9 Å². The lowest BCUT2D eigenvalue weighted by Crippen LogP contribution is -2.58. The van der Waals surface area contributed by atoms with Gasteiger partial charge in [-0.05, 0) is 76.1 Å². The van der Waals surface area contributed by atoms with E-state index in [1.54, 1.807) is 58.3 Å². The Morgan fingerprint density at radius 2 is 1.86 bits per heavy atom. The van der Waals surface area contributed by atoms with Gasteiger partial charge in [0.1, 0.15) is 47.2 Å². The zero-order chi connectivity index (χ0) is 41.7. The highest BCUT2D eigenvalue weighted by molar-refractivity contribution is 7.91. The van der Waals surface area contributed by atoms with Crippen LogP contribution in [0.15, 0.2) is 43.1 Å². The van der Waals surface area contributed by atoms with Gasteiger partial charge in [0.05, 0.1) is 25.4 Å². The third-order valence-corrected chi connectivity index (χ3v) is 12.9. The molecule has 0 spiro atoms. The molecule has 5 amide bonds. The molecular weight excluding hydrogens is 777 g/mol. The summed E-state index contributed by atoms with van der Waals surface area (Å²) in [4.78, 5) is 88.4. The Bertz CT molecular complexity index is 2150. The molecule has 312 valence electrons. The van der Waals surface area contributed by atoms with Gasteiger partial charge < -0.3 is 39.4 Å². The molecule has 3 aliphatic heterocycles. The molecule has 19 heteroatoms. The summed E-state index contributed by atoms with van der Waals surface area (Å²) in [6, 6.07) is 3.69. The molecule has 58 heavy (non-hydrogen) atoms. The highest BCUT2D eigenvalue weighted by atomic mass is 32.2. The second-order valence-corrected chi connectivity index (χ2v) is 18.4. The number of pyridine rings is 1. The number of esters is 1. The van der Waals surface area contributed by atoms with E-state index in [0.29, 0.717) is 30.4 Å². The fourth-order valence-electron chi connectivity index (χ4n) is 7.84. The predicted molar refractivity (Wildman–Crippen MR) is 204 cm³/mol. The highest BCUT2D eigenvalue weighted by Crippen LogP contribution is 2.45. The molecule has 1 unspecified atom stereocenters. The van der Waals surface area contributed by atoms with Gasteiger partial charge in [0.2, 0.25) is 33.6 Å². The van der Waals surface area contributed by atoms with Crippen LogP contribution in [-0.2, 0) is 43.5 Å². The number of likely N-dealkylation sites (tertiary alicyclic amines) is 2. The van der Waals surface area contributed by atoms with E-state index in [4.69, 9.17) is 18.9 Å². The molecule has 7 atom stereocenters. The third kappa shape index (κ3) is 8.40. The monoisotopic (exact) mass is 824 g/mol. The molecule has 2 aromatic rings. The Hall–Kier alpha value is -5.46. The number of alkyl carbamates (subject to hydrolysis) is 1. The number of hydrogen-bond donors (Lipinski definition) is 3. The minimum absolute atomic E-state index is 0.0784. The lowest BCUT2D eigenvalue weighted by molar-refractivity contribution is -0.157. The first-order valence-electron chi connectivity index (χ1n) is 19.3. The topological polar surface area (TPSA) is 229 Å². The lowest BCUT2D eigenvalue weighted by Gasteiger charge is -2.31. The Morgan fingerprint density at radius 1 is 1.10 bits per heavy atom. The van der Waals surface area contributed by atoms with Crippen LogP contribution >= 0.6 is 0 Å². The molecule has 4 heterocycles. The molecule has 1 aromatic heterocycles. The third-order valence-electron chi connectivity index (χ3n) is 11.1. The fraction of sp³-hybridized carbons (Fsp3) is 0.564. The highest BCUT2D eigenvalue weighted by Gasteiger charge is 2.62. The van der Waals surface area contributed by atoms with Crippen molar-refractivity contribution in [3.8, 4) is 11.6 Å². The first-order chi connectivity index (χ1) is 27.4. The van der Waals surface area contributed by atoms with E-state index >= 15 is 0 Å². The number of fused-ring (bicyclic) bond motifs is 3. The van der Waals surface area contributed by atoms with E-state index in [-0.39, 0.29) is 44.7 Å². The van der Waals surface area contributed by atoms with E-state index in [0.717, 1.165) is 5.39 Å². The van der Waals surface area contributed by atoms with Gasteiger partial charge in [-0.15, -0.1) is 6.58 Å². The van der Waals surface area contributed by atoms with Gasteiger partial charge in [0.25, 0.3) is 5.91 Å². The molecule has 3 saturated heterocycles. The molecule has 1 aromatic carbocycles. The van der Waals surface area contributed by atoms with Crippen LogP contribution in [0, 0.1) is 5.92 Å². The van der Waals surface area contributed by atoms with Gasteiger partial charge in [-0.3, -0.25) is 23.9 Å². The van der Waals surface area contributed by atoms with Crippen LogP contribution in [0.1, 0.15) is 65.7 Å². The van der Waals surface area contributed by atoms with Crippen molar-refractivity contribution in [2.75, 3.05) is 20.2 Å². The van der Waals surface area contributed by atoms with Crippen LogP contribution in [0.5, 0.6) is 11.6 Å². The number of ether oxygens (including phenoxy) is 4. The Kier molecular flexibility index (Phi) is 10.8. The number of morpholine rings is 1. The van der Waals surface area contributed by atoms with E-state index < -0.39 is 98.4 Å². The maximum atomic E-state index is 14.7. The van der Waals surface area contributed by atoms with Gasteiger partial charge in [0, 0.05) is 36.8 Å². The molecule has 18 nitrogen and oxygen atoms in total. The Balaban J connectivity index is 1.16. The summed E-state index contributed by atoms with van der Waals surface area (Å²) in [6.45, 7) is 8.73. The summed E-state index contributed by atoms with van der Waals surface area (Å²) < 4.78 is 50.0. The van der Waals surface area contributed by atoms with E-state index in [1.807, 2.05) is 0 Å². The Labute approximate surface area is 335 Å². The van der Waals surface area contributed by atoms with Crippen molar-refractivity contribution in [3.63, 3.8) is 0 Å². The predicted octanol–water partition coefficient (Wildman–Crippen LogP) is 1.46. The minimum Gasteiger partial charge on any atom is -0.497 e. The molecule has 2 aliphatic carbocycles. The standard InChI is InChI=1S/C39H48N6O12S/c1-6-22-18-39(22,36(50)43-58(52,53)26-8-9-26)42-32(47)29-16-24(55-33-27-10-7-23(54-5)15-21(27)13-14-40-33)20-45(29)34(48)28(41-37(51)57-38(2,3)4)11-12-31(46)44-19-25-17-30(44)35(49)56-25/h6-7,10,13-15,22,24-26,28-30H,1,8-9,11-12,16-20H2,2-5H3,(H,41,51)(H,42,47)(H,43,50)/t22?,24-,25+,28+,29+,30+,39-/m1/s1. The molecular formula is C39H48N6O12S. The summed E-state index contributed by atoms with van der Waals surface area (Å²) >= 11 is 0. The first-order valence-corrected chi connectivity index (χ1v) is 20.9. The largest absolute Gasteiger partial charge is 0.497 e. The molecule has 3 N–H and O–H groups in total. The average Bonchev–Trinajstić information content (AvgIpc) is 4.02. The number of rotatable bonds is 14. The van der Waals surface area contributed by atoms with Crippen molar-refractivity contribution in [3.05, 3.63) is 43.1 Å². The molecule has 2 saturated carbocycles. The fourth-order valence-corrected chi connectivity index (χ4v) is 9.21. The van der Waals surface area contributed by atoms with Crippen LogP contribution in [0.2, 0.25) is 0 Å². The number of carbonyl (C=O) groups is 6. The number of carbonyl (C=O) groups excluding carboxylic acids is 6. The van der Waals surface area contributed by atoms with Crippen molar-refractivity contribution >= 4 is 56.5 Å². The Morgan fingerprint density at radius 3 is 2.50 bits per heavy atom. The summed E-state index contributed by atoms with van der Waals surface area (Å²) in [6.07, 6.45) is 1.59. The number of nitrogens with one attached hydrogen (secondary N) is 3. The van der Waals surface area contributed by atoms with Crippen LogP contribution in [0.3, 0.4) is 0 Å². The lowest BCUT2D eigenvalue weighted by atomic mass is 10.1. The zero-order valence-corrected chi connectivity index (χ0v) is 33.5. The number of nitrogens with zero attached hydrogens (tertiary/aromatic N) is 3. The van der Waals surface area contributed by atoms with Gasteiger partial charge >= 0.3 is 12.1 Å². The van der Waals surface area contributed by atoms with Crippen molar-refractivity contribution in [1.82, 2.24) is 30.1 Å². The van der Waals surface area contributed by atoms with Gasteiger partial charge in [-0.25, -0.2) is 23.0 Å². The SMILES string of the molecule is C=CC1C[C@]1(NC(=O)[C@@H]1C[C@@H](Oc2nccc3cc(OC)ccc23)CN1C(=O)[C@H](CCC(=O)N1C[C@@H]2C[C@H]1C(=O)O2)NC(=O)OC(C)(C)C)C(=O)NS(=O)(=O)C1CC1. The molecule has 7 rings (SSSR count). The molecule has 5 aliphatic rings. The summed E-state index contributed by atoms with van der Waals surface area (Å²) in [5.41, 5.74) is -2.58. The van der Waals surface area contributed by atoms with Crippen molar-refractivity contribution in [1.29, 1.82) is 0 Å². The number of sulfonamides is 1. The second-order valence-electron chi connectivity index (χ2n) is 16.5. The van der Waals surface area contributed by atoms with Crippen LogP contribution in [0.4, 0.5) is 4.79 Å². The average molecular weight is 825 g/mol. The minimum atomic E-state index is -3.96. The van der Waals surface area contributed by atoms with Gasteiger partial charge in [-0.1, -0.05) is 6.08 Å².